The van der Waals surface area contributed by atoms with Gasteiger partial charge in [-0.2, -0.15) is 4.98 Å². The molecule has 0 aliphatic carbocycles. The Labute approximate surface area is 149 Å². The third-order valence-electron chi connectivity index (χ3n) is 4.03. The van der Waals surface area contributed by atoms with Gasteiger partial charge in [0.2, 0.25) is 0 Å². The average molecular weight is 348 g/mol. The second-order valence-corrected chi connectivity index (χ2v) is 5.95. The molecule has 4 rings (SSSR count). The van der Waals surface area contributed by atoms with Crippen molar-refractivity contribution in [2.45, 2.75) is 13.8 Å². The molecule has 0 aliphatic rings. The molecule has 0 radical (unpaired) electrons. The highest BCUT2D eigenvalue weighted by Gasteiger charge is 2.17. The second kappa shape index (κ2) is 6.11. The van der Waals surface area contributed by atoms with E-state index in [1.54, 1.807) is 19.2 Å². The summed E-state index contributed by atoms with van der Waals surface area (Å²) in [6, 6.07) is 13.0. The maximum Gasteiger partial charge on any atom is 0.383 e. The van der Waals surface area contributed by atoms with Crippen molar-refractivity contribution in [3.63, 3.8) is 0 Å². The number of carbonyl (C=O) groups is 1. The van der Waals surface area contributed by atoms with Gasteiger partial charge in [0.05, 0.1) is 7.11 Å². The number of aryl methyl sites for hydroxylation is 2. The first-order valence-electron chi connectivity index (χ1n) is 8.04. The molecule has 26 heavy (non-hydrogen) atoms. The molecular weight excluding hydrogens is 332 g/mol. The van der Waals surface area contributed by atoms with Crippen molar-refractivity contribution in [2.24, 2.45) is 0 Å². The first-order valence-corrected chi connectivity index (χ1v) is 8.04. The van der Waals surface area contributed by atoms with Crippen LogP contribution in [-0.4, -0.2) is 32.7 Å². The van der Waals surface area contributed by atoms with E-state index in [0.717, 1.165) is 27.9 Å². The molecule has 0 saturated carbocycles. The van der Waals surface area contributed by atoms with Crippen LogP contribution >= 0.6 is 0 Å². The monoisotopic (exact) mass is 348 g/mol. The zero-order valence-electron chi connectivity index (χ0n) is 14.6. The topological polar surface area (TPSA) is 78.6 Å². The predicted molar refractivity (Wildman–Crippen MR) is 95.7 cm³/mol. The van der Waals surface area contributed by atoms with Crippen molar-refractivity contribution in [1.82, 2.24) is 19.6 Å². The van der Waals surface area contributed by atoms with Gasteiger partial charge in [0.25, 0.3) is 11.6 Å². The number of fused-ring (bicyclic) bond motifs is 2. The number of methoxy groups -OCH3 is 1. The molecule has 0 aliphatic heterocycles. The van der Waals surface area contributed by atoms with Gasteiger partial charge in [0.1, 0.15) is 11.5 Å². The first kappa shape index (κ1) is 16.0. The Hall–Kier alpha value is -3.48. The van der Waals surface area contributed by atoms with Crippen molar-refractivity contribution in [2.75, 3.05) is 7.11 Å². The van der Waals surface area contributed by atoms with E-state index in [2.05, 4.69) is 15.1 Å². The van der Waals surface area contributed by atoms with E-state index in [1.807, 2.05) is 44.2 Å². The average Bonchev–Trinajstić information content (AvgIpc) is 3.05. The highest BCUT2D eigenvalue weighted by molar-refractivity contribution is 5.89. The number of benzene rings is 2. The van der Waals surface area contributed by atoms with Crippen LogP contribution in [0.5, 0.6) is 11.5 Å². The van der Waals surface area contributed by atoms with E-state index in [-0.39, 0.29) is 5.82 Å². The summed E-state index contributed by atoms with van der Waals surface area (Å²) >= 11 is 0. The van der Waals surface area contributed by atoms with E-state index in [1.165, 1.54) is 4.52 Å². The minimum absolute atomic E-state index is 0.0306. The van der Waals surface area contributed by atoms with Crippen LogP contribution in [0.25, 0.3) is 16.6 Å². The van der Waals surface area contributed by atoms with Gasteiger partial charge in [-0.25, -0.2) is 14.3 Å². The maximum absolute atomic E-state index is 12.4. The van der Waals surface area contributed by atoms with Crippen LogP contribution < -0.4 is 9.47 Å². The molecule has 2 heterocycles. The van der Waals surface area contributed by atoms with Crippen LogP contribution in [0.2, 0.25) is 0 Å². The van der Waals surface area contributed by atoms with Crippen LogP contribution in [0.1, 0.15) is 22.0 Å². The Morgan fingerprint density at radius 1 is 0.962 bits per heavy atom. The third kappa shape index (κ3) is 2.83. The quantitative estimate of drug-likeness (QED) is 0.418. The number of hydrogen-bond donors (Lipinski definition) is 0. The SMILES string of the molecule is COc1ccc2ccc(OC(=O)c3nc4nc(C)cc(C)n4n3)cc2c1. The van der Waals surface area contributed by atoms with Crippen molar-refractivity contribution in [1.29, 1.82) is 0 Å². The summed E-state index contributed by atoms with van der Waals surface area (Å²) in [4.78, 5) is 20.9. The van der Waals surface area contributed by atoms with E-state index in [0.29, 0.717) is 11.5 Å². The third-order valence-corrected chi connectivity index (χ3v) is 4.03. The molecule has 0 bridgehead atoms. The molecule has 2 aromatic carbocycles. The Morgan fingerprint density at radius 2 is 1.69 bits per heavy atom. The lowest BCUT2D eigenvalue weighted by atomic mass is 10.1. The van der Waals surface area contributed by atoms with E-state index in [9.17, 15) is 4.79 Å². The van der Waals surface area contributed by atoms with E-state index in [4.69, 9.17) is 9.47 Å². The van der Waals surface area contributed by atoms with Gasteiger partial charge in [0.15, 0.2) is 0 Å². The predicted octanol–water partition coefficient (Wildman–Crippen LogP) is 3.12. The molecule has 7 nitrogen and oxygen atoms in total. The van der Waals surface area contributed by atoms with Gasteiger partial charge in [-0.05, 0) is 55.0 Å². The molecule has 0 atom stereocenters. The molecule has 0 unspecified atom stereocenters. The highest BCUT2D eigenvalue weighted by atomic mass is 16.5. The fourth-order valence-electron chi connectivity index (χ4n) is 2.80. The molecule has 0 amide bonds. The van der Waals surface area contributed by atoms with Crippen LogP contribution in [0, 0.1) is 13.8 Å². The van der Waals surface area contributed by atoms with Crippen molar-refractivity contribution in [3.05, 3.63) is 59.7 Å². The standard InChI is InChI=1S/C19H16N4O3/c1-11-8-12(2)23-19(20-11)21-17(22-23)18(24)26-16-7-5-13-4-6-15(25-3)9-14(13)10-16/h4-10H,1-3H3. The number of hydrogen-bond acceptors (Lipinski definition) is 6. The summed E-state index contributed by atoms with van der Waals surface area (Å²) in [7, 11) is 1.61. The number of aromatic nitrogens is 4. The molecule has 0 N–H and O–H groups in total. The molecule has 0 fully saturated rings. The molecule has 130 valence electrons. The molecule has 7 heteroatoms. The number of esters is 1. The van der Waals surface area contributed by atoms with Gasteiger partial charge in [-0.3, -0.25) is 0 Å². The largest absolute Gasteiger partial charge is 0.497 e. The van der Waals surface area contributed by atoms with Crippen LogP contribution in [0.15, 0.2) is 42.5 Å². The Balaban J connectivity index is 1.65. The Morgan fingerprint density at radius 3 is 2.46 bits per heavy atom. The summed E-state index contributed by atoms with van der Waals surface area (Å²) in [5, 5.41) is 6.12. The fourth-order valence-corrected chi connectivity index (χ4v) is 2.80. The summed E-state index contributed by atoms with van der Waals surface area (Å²) in [6.07, 6.45) is 0. The Bertz CT molecular complexity index is 1150. The number of rotatable bonds is 3. The van der Waals surface area contributed by atoms with Crippen LogP contribution in [-0.2, 0) is 0 Å². The number of ether oxygens (including phenoxy) is 2. The summed E-state index contributed by atoms with van der Waals surface area (Å²) < 4.78 is 12.2. The lowest BCUT2D eigenvalue weighted by Crippen LogP contribution is -2.11. The van der Waals surface area contributed by atoms with Gasteiger partial charge < -0.3 is 9.47 Å². The van der Waals surface area contributed by atoms with E-state index >= 15 is 0 Å². The molecular formula is C19H16N4O3. The van der Waals surface area contributed by atoms with Gasteiger partial charge in [0, 0.05) is 11.4 Å². The molecule has 2 aromatic heterocycles. The van der Waals surface area contributed by atoms with Gasteiger partial charge >= 0.3 is 5.97 Å². The second-order valence-electron chi connectivity index (χ2n) is 5.95. The fraction of sp³-hybridized carbons (Fsp3) is 0.158. The van der Waals surface area contributed by atoms with E-state index < -0.39 is 5.97 Å². The van der Waals surface area contributed by atoms with Crippen molar-refractivity contribution >= 4 is 22.5 Å². The minimum atomic E-state index is -0.630. The number of carbonyl (C=O) groups excluding carboxylic acids is 1. The smallest absolute Gasteiger partial charge is 0.383 e. The minimum Gasteiger partial charge on any atom is -0.497 e. The Kier molecular flexibility index (Phi) is 3.76. The molecule has 4 aromatic rings. The molecule has 0 saturated heterocycles. The normalized spacial score (nSPS) is 11.0. The van der Waals surface area contributed by atoms with Gasteiger partial charge in [-0.1, -0.05) is 12.1 Å². The van der Waals surface area contributed by atoms with Crippen molar-refractivity contribution < 1.29 is 14.3 Å². The van der Waals surface area contributed by atoms with Gasteiger partial charge in [-0.15, -0.1) is 5.10 Å². The summed E-state index contributed by atoms with van der Waals surface area (Å²) in [5.74, 6) is 0.861. The maximum atomic E-state index is 12.4. The summed E-state index contributed by atoms with van der Waals surface area (Å²) in [5.41, 5.74) is 1.66. The lowest BCUT2D eigenvalue weighted by Gasteiger charge is -2.05. The van der Waals surface area contributed by atoms with Crippen LogP contribution in [0.4, 0.5) is 0 Å². The first-order chi connectivity index (χ1) is 12.5. The highest BCUT2D eigenvalue weighted by Crippen LogP contribution is 2.25. The van der Waals surface area contributed by atoms with Crippen molar-refractivity contribution in [3.8, 4) is 11.5 Å². The lowest BCUT2D eigenvalue weighted by molar-refractivity contribution is 0.0722. The zero-order valence-corrected chi connectivity index (χ0v) is 14.6. The zero-order chi connectivity index (χ0) is 18.3. The van der Waals surface area contributed by atoms with Crippen LogP contribution in [0.3, 0.4) is 0 Å². The number of nitrogens with zero attached hydrogens (tertiary/aromatic N) is 4. The molecule has 0 spiro atoms. The summed E-state index contributed by atoms with van der Waals surface area (Å²) in [6.45, 7) is 3.74.